The van der Waals surface area contributed by atoms with Crippen LogP contribution >= 0.6 is 0 Å². The molecule has 9 heteroatoms. The first-order valence-electron chi connectivity index (χ1n) is 11.0. The van der Waals surface area contributed by atoms with Gasteiger partial charge in [-0.15, -0.1) is 0 Å². The minimum absolute atomic E-state index is 0.0164. The zero-order valence-electron chi connectivity index (χ0n) is 18.5. The number of hydrogen-bond acceptors (Lipinski definition) is 7. The van der Waals surface area contributed by atoms with Gasteiger partial charge in [-0.05, 0) is 38.8 Å². The largest absolute Gasteiger partial charge is 0.369 e. The maximum Gasteiger partial charge on any atom is 0.234 e. The summed E-state index contributed by atoms with van der Waals surface area (Å²) in [5.74, 6) is 7.22. The summed E-state index contributed by atoms with van der Waals surface area (Å²) in [4.78, 5) is 24.3. The van der Waals surface area contributed by atoms with Crippen molar-refractivity contribution in [2.24, 2.45) is 5.92 Å². The molecule has 0 aromatic carbocycles. The second kappa shape index (κ2) is 12.0. The molecule has 0 aliphatic heterocycles. The van der Waals surface area contributed by atoms with E-state index in [1.54, 1.807) is 19.3 Å². The molecule has 1 amide bonds. The Labute approximate surface area is 188 Å². The van der Waals surface area contributed by atoms with Crippen molar-refractivity contribution in [1.29, 1.82) is 0 Å². The van der Waals surface area contributed by atoms with Crippen molar-refractivity contribution in [3.63, 3.8) is 0 Å². The lowest BCUT2D eigenvalue weighted by atomic mass is 9.86. The van der Waals surface area contributed by atoms with Crippen molar-refractivity contribution in [2.45, 2.75) is 45.1 Å². The monoisotopic (exact) mass is 439 g/mol. The molecule has 170 valence electrons. The zero-order chi connectivity index (χ0) is 22.8. The van der Waals surface area contributed by atoms with Gasteiger partial charge >= 0.3 is 0 Å². The standard InChI is InChI=1S/C23H30FN7O/c1-3-10-27-22-17(14-28-23(31-22)30-19-9-11-26-20(24)13-19)8-7-16-5-4-6-18(12-16)29-21(32)15-25-2/h9,11,13-14,16,18,25H,3-6,10,12,15H2,1-2H3,(H,29,32)(H2,26,27,28,30,31)/t16-,18-/m0/s1. The predicted molar refractivity (Wildman–Crippen MR) is 123 cm³/mol. The maximum atomic E-state index is 13.3. The van der Waals surface area contributed by atoms with Gasteiger partial charge in [0.2, 0.25) is 17.8 Å². The van der Waals surface area contributed by atoms with Crippen LogP contribution in [-0.4, -0.2) is 47.0 Å². The summed E-state index contributed by atoms with van der Waals surface area (Å²) in [7, 11) is 1.76. The molecule has 2 atom stereocenters. The number of likely N-dealkylation sites (N-methyl/N-ethyl adjacent to an activating group) is 1. The summed E-state index contributed by atoms with van der Waals surface area (Å²) in [6.07, 6.45) is 7.86. The molecule has 2 aromatic heterocycles. The van der Waals surface area contributed by atoms with Gasteiger partial charge in [0.05, 0.1) is 18.3 Å². The van der Waals surface area contributed by atoms with Crippen LogP contribution in [0.15, 0.2) is 24.5 Å². The van der Waals surface area contributed by atoms with E-state index in [0.717, 1.165) is 38.6 Å². The quantitative estimate of drug-likeness (QED) is 0.370. The highest BCUT2D eigenvalue weighted by molar-refractivity contribution is 5.78. The van der Waals surface area contributed by atoms with Gasteiger partial charge in [0, 0.05) is 36.5 Å². The fourth-order valence-electron chi connectivity index (χ4n) is 3.59. The van der Waals surface area contributed by atoms with Crippen molar-refractivity contribution in [3.8, 4) is 11.8 Å². The minimum Gasteiger partial charge on any atom is -0.369 e. The average molecular weight is 440 g/mol. The van der Waals surface area contributed by atoms with E-state index in [0.29, 0.717) is 29.6 Å². The van der Waals surface area contributed by atoms with E-state index in [1.807, 2.05) is 0 Å². The van der Waals surface area contributed by atoms with E-state index in [4.69, 9.17) is 0 Å². The summed E-state index contributed by atoms with van der Waals surface area (Å²) in [5, 5.41) is 12.2. The number of anilines is 3. The van der Waals surface area contributed by atoms with Crippen LogP contribution in [0.2, 0.25) is 0 Å². The lowest BCUT2D eigenvalue weighted by Gasteiger charge is -2.27. The summed E-state index contributed by atoms with van der Waals surface area (Å²) in [5.41, 5.74) is 1.23. The van der Waals surface area contributed by atoms with Crippen molar-refractivity contribution < 1.29 is 9.18 Å². The van der Waals surface area contributed by atoms with Crippen LogP contribution < -0.4 is 21.3 Å². The number of hydrogen-bond donors (Lipinski definition) is 4. The third-order valence-electron chi connectivity index (χ3n) is 5.10. The van der Waals surface area contributed by atoms with Crippen LogP contribution in [0, 0.1) is 23.7 Å². The molecule has 8 nitrogen and oxygen atoms in total. The van der Waals surface area contributed by atoms with Crippen molar-refractivity contribution in [2.75, 3.05) is 30.8 Å². The van der Waals surface area contributed by atoms with Gasteiger partial charge in [-0.2, -0.15) is 9.37 Å². The fraction of sp³-hybridized carbons (Fsp3) is 0.478. The number of pyridine rings is 1. The molecule has 0 unspecified atom stereocenters. The van der Waals surface area contributed by atoms with Crippen molar-refractivity contribution in [3.05, 3.63) is 36.0 Å². The lowest BCUT2D eigenvalue weighted by Crippen LogP contribution is -2.41. The van der Waals surface area contributed by atoms with E-state index in [1.165, 1.54) is 12.3 Å². The van der Waals surface area contributed by atoms with Gasteiger partial charge in [-0.3, -0.25) is 4.79 Å². The first kappa shape index (κ1) is 23.4. The topological polar surface area (TPSA) is 104 Å². The van der Waals surface area contributed by atoms with E-state index >= 15 is 0 Å². The Bertz CT molecular complexity index is 972. The Morgan fingerprint density at radius 1 is 1.31 bits per heavy atom. The smallest absolute Gasteiger partial charge is 0.234 e. The molecule has 0 spiro atoms. The van der Waals surface area contributed by atoms with Gasteiger partial charge < -0.3 is 21.3 Å². The minimum atomic E-state index is -0.574. The first-order chi connectivity index (χ1) is 15.6. The third kappa shape index (κ3) is 7.17. The number of nitrogens with one attached hydrogen (secondary N) is 4. The molecule has 0 radical (unpaired) electrons. The Kier molecular flexibility index (Phi) is 8.75. The molecule has 4 N–H and O–H groups in total. The highest BCUT2D eigenvalue weighted by atomic mass is 19.1. The molecule has 1 fully saturated rings. The van der Waals surface area contributed by atoms with Crippen LogP contribution in [0.3, 0.4) is 0 Å². The summed E-state index contributed by atoms with van der Waals surface area (Å²) < 4.78 is 13.3. The lowest BCUT2D eigenvalue weighted by molar-refractivity contribution is -0.121. The number of carbonyl (C=O) groups excluding carboxylic acids is 1. The molecule has 0 bridgehead atoms. The number of aromatic nitrogens is 3. The Balaban J connectivity index is 1.71. The van der Waals surface area contributed by atoms with Gasteiger partial charge in [-0.1, -0.05) is 25.2 Å². The molecule has 32 heavy (non-hydrogen) atoms. The van der Waals surface area contributed by atoms with Gasteiger partial charge in [-0.25, -0.2) is 9.97 Å². The maximum absolute atomic E-state index is 13.3. The second-order valence-corrected chi connectivity index (χ2v) is 7.80. The Morgan fingerprint density at radius 3 is 2.97 bits per heavy atom. The highest BCUT2D eigenvalue weighted by Gasteiger charge is 2.22. The molecule has 1 aliphatic carbocycles. The van der Waals surface area contributed by atoms with E-state index in [-0.39, 0.29) is 17.9 Å². The zero-order valence-corrected chi connectivity index (χ0v) is 18.5. The van der Waals surface area contributed by atoms with E-state index in [9.17, 15) is 9.18 Å². The van der Waals surface area contributed by atoms with Crippen LogP contribution in [0.25, 0.3) is 0 Å². The molecular weight excluding hydrogens is 409 g/mol. The summed E-state index contributed by atoms with van der Waals surface area (Å²) >= 11 is 0. The van der Waals surface area contributed by atoms with Crippen LogP contribution in [0.1, 0.15) is 44.6 Å². The van der Waals surface area contributed by atoms with Crippen LogP contribution in [0.5, 0.6) is 0 Å². The van der Waals surface area contributed by atoms with E-state index in [2.05, 4.69) is 55.0 Å². The van der Waals surface area contributed by atoms with Crippen LogP contribution in [0.4, 0.5) is 21.8 Å². The van der Waals surface area contributed by atoms with Gasteiger partial charge in [0.25, 0.3) is 0 Å². The molecule has 1 aliphatic rings. The average Bonchev–Trinajstić information content (AvgIpc) is 2.77. The summed E-state index contributed by atoms with van der Waals surface area (Å²) in [6.45, 7) is 3.14. The number of amides is 1. The molecule has 0 saturated heterocycles. The molecule has 1 saturated carbocycles. The normalized spacial score (nSPS) is 17.7. The second-order valence-electron chi connectivity index (χ2n) is 7.80. The highest BCUT2D eigenvalue weighted by Crippen LogP contribution is 2.24. The van der Waals surface area contributed by atoms with Crippen molar-refractivity contribution >= 4 is 23.4 Å². The Morgan fingerprint density at radius 2 is 2.19 bits per heavy atom. The predicted octanol–water partition coefficient (Wildman–Crippen LogP) is 2.82. The molecular formula is C23H30FN7O. The Hall–Kier alpha value is -3.25. The number of halogens is 1. The van der Waals surface area contributed by atoms with Crippen molar-refractivity contribution in [1.82, 2.24) is 25.6 Å². The fourth-order valence-corrected chi connectivity index (χ4v) is 3.59. The SMILES string of the molecule is CCCNc1nc(Nc2ccnc(F)c2)ncc1C#C[C@@H]1CCC[C@H](NC(=O)CNC)C1. The summed E-state index contributed by atoms with van der Waals surface area (Å²) in [6, 6.07) is 3.09. The van der Waals surface area contributed by atoms with Gasteiger partial charge in [0.1, 0.15) is 5.82 Å². The molecule has 3 rings (SSSR count). The molecule has 2 aromatic rings. The number of rotatable bonds is 8. The third-order valence-corrected chi connectivity index (χ3v) is 5.10. The molecule has 2 heterocycles. The first-order valence-corrected chi connectivity index (χ1v) is 11.0. The number of nitrogens with zero attached hydrogens (tertiary/aromatic N) is 3. The van der Waals surface area contributed by atoms with Gasteiger partial charge in [0.15, 0.2) is 0 Å². The number of carbonyl (C=O) groups is 1. The van der Waals surface area contributed by atoms with Crippen LogP contribution in [-0.2, 0) is 4.79 Å². The van der Waals surface area contributed by atoms with E-state index < -0.39 is 5.95 Å².